The topological polar surface area (TPSA) is 44.8 Å². The van der Waals surface area contributed by atoms with E-state index in [0.717, 1.165) is 4.47 Å². The van der Waals surface area contributed by atoms with Crippen LogP contribution in [0.1, 0.15) is 38.1 Å². The van der Waals surface area contributed by atoms with Crippen molar-refractivity contribution in [3.8, 4) is 0 Å². The molecule has 0 aromatic heterocycles. The molecule has 108 valence electrons. The standard InChI is InChI=1S/C14H18BBrO4/c1-13(2)14(3,4)20-15(19-13)11-8-9(16)6-7-10(11)12(17)18-5/h6-8H,1-5H3. The zero-order valence-corrected chi connectivity index (χ0v) is 13.9. The molecule has 0 saturated carbocycles. The van der Waals surface area contributed by atoms with E-state index in [9.17, 15) is 4.79 Å². The molecule has 0 aliphatic carbocycles. The summed E-state index contributed by atoms with van der Waals surface area (Å²) in [7, 11) is 0.768. The quantitative estimate of drug-likeness (QED) is 0.613. The van der Waals surface area contributed by atoms with Gasteiger partial charge in [-0.25, -0.2) is 4.79 Å². The lowest BCUT2D eigenvalue weighted by Gasteiger charge is -2.32. The molecule has 0 spiro atoms. The third-order valence-corrected chi connectivity index (χ3v) is 4.42. The van der Waals surface area contributed by atoms with Crippen molar-refractivity contribution in [2.24, 2.45) is 0 Å². The van der Waals surface area contributed by atoms with E-state index in [2.05, 4.69) is 15.9 Å². The van der Waals surface area contributed by atoms with Gasteiger partial charge in [-0.3, -0.25) is 0 Å². The second kappa shape index (κ2) is 5.17. The lowest BCUT2D eigenvalue weighted by atomic mass is 9.76. The van der Waals surface area contributed by atoms with E-state index in [1.807, 2.05) is 33.8 Å². The maximum Gasteiger partial charge on any atom is 0.495 e. The summed E-state index contributed by atoms with van der Waals surface area (Å²) < 4.78 is 17.7. The van der Waals surface area contributed by atoms with E-state index >= 15 is 0 Å². The monoisotopic (exact) mass is 340 g/mol. The van der Waals surface area contributed by atoms with Gasteiger partial charge in [-0.15, -0.1) is 0 Å². The zero-order chi connectivity index (χ0) is 15.1. The summed E-state index contributed by atoms with van der Waals surface area (Å²) in [4.78, 5) is 11.9. The Hall–Kier alpha value is -0.845. The summed E-state index contributed by atoms with van der Waals surface area (Å²) in [5, 5.41) is 0. The van der Waals surface area contributed by atoms with Gasteiger partial charge >= 0.3 is 13.1 Å². The number of methoxy groups -OCH3 is 1. The zero-order valence-electron chi connectivity index (χ0n) is 12.3. The molecule has 6 heteroatoms. The SMILES string of the molecule is COC(=O)c1ccc(Br)cc1B1OC(C)(C)C(C)(C)O1. The van der Waals surface area contributed by atoms with E-state index in [1.54, 1.807) is 12.1 Å². The number of esters is 1. The molecule has 2 rings (SSSR count). The number of halogens is 1. The van der Waals surface area contributed by atoms with Crippen molar-refractivity contribution in [1.82, 2.24) is 0 Å². The first-order chi connectivity index (χ1) is 9.18. The highest BCUT2D eigenvalue weighted by Crippen LogP contribution is 2.36. The highest BCUT2D eigenvalue weighted by atomic mass is 79.9. The first kappa shape index (κ1) is 15.5. The van der Waals surface area contributed by atoms with Crippen molar-refractivity contribution in [2.45, 2.75) is 38.9 Å². The Kier molecular flexibility index (Phi) is 4.02. The van der Waals surface area contributed by atoms with Crippen LogP contribution in [0.15, 0.2) is 22.7 Å². The largest absolute Gasteiger partial charge is 0.495 e. The summed E-state index contributed by atoms with van der Waals surface area (Å²) >= 11 is 3.41. The van der Waals surface area contributed by atoms with Gasteiger partial charge in [-0.2, -0.15) is 0 Å². The van der Waals surface area contributed by atoms with Gasteiger partial charge in [-0.1, -0.05) is 15.9 Å². The number of hydrogen-bond donors (Lipinski definition) is 0. The molecule has 0 unspecified atom stereocenters. The number of ether oxygens (including phenoxy) is 1. The Morgan fingerprint density at radius 3 is 2.25 bits per heavy atom. The lowest BCUT2D eigenvalue weighted by molar-refractivity contribution is 0.00578. The van der Waals surface area contributed by atoms with Crippen LogP contribution >= 0.6 is 15.9 Å². The Bertz CT molecular complexity index is 526. The second-order valence-electron chi connectivity index (χ2n) is 5.81. The Labute approximate surface area is 128 Å². The molecule has 0 N–H and O–H groups in total. The molecule has 1 aromatic rings. The number of carbonyl (C=O) groups excluding carboxylic acids is 1. The first-order valence-corrected chi connectivity index (χ1v) is 7.20. The summed E-state index contributed by atoms with van der Waals surface area (Å²) in [5.41, 5.74) is 0.222. The van der Waals surface area contributed by atoms with Crippen molar-refractivity contribution in [3.63, 3.8) is 0 Å². The Morgan fingerprint density at radius 1 is 1.20 bits per heavy atom. The fourth-order valence-electron chi connectivity index (χ4n) is 1.99. The average Bonchev–Trinajstić information content (AvgIpc) is 2.57. The van der Waals surface area contributed by atoms with Crippen molar-refractivity contribution >= 4 is 34.5 Å². The molecule has 1 fully saturated rings. The third-order valence-electron chi connectivity index (χ3n) is 3.93. The van der Waals surface area contributed by atoms with Gasteiger partial charge in [-0.05, 0) is 51.4 Å². The van der Waals surface area contributed by atoms with E-state index in [-0.39, 0.29) is 0 Å². The van der Waals surface area contributed by atoms with Crippen LogP contribution < -0.4 is 5.46 Å². The molecule has 1 aliphatic heterocycles. The van der Waals surface area contributed by atoms with Gasteiger partial charge in [0, 0.05) is 4.47 Å². The summed E-state index contributed by atoms with van der Waals surface area (Å²) in [6.07, 6.45) is 0. The van der Waals surface area contributed by atoms with Crippen molar-refractivity contribution in [3.05, 3.63) is 28.2 Å². The van der Waals surface area contributed by atoms with Gasteiger partial charge in [0.1, 0.15) is 0 Å². The molecule has 4 nitrogen and oxygen atoms in total. The Balaban J connectivity index is 2.44. The summed E-state index contributed by atoms with van der Waals surface area (Å²) in [5.74, 6) is -0.401. The van der Waals surface area contributed by atoms with Crippen LogP contribution in [0.5, 0.6) is 0 Å². The molecule has 0 bridgehead atoms. The van der Waals surface area contributed by atoms with E-state index in [1.165, 1.54) is 7.11 Å². The van der Waals surface area contributed by atoms with Gasteiger partial charge < -0.3 is 14.0 Å². The molecule has 0 amide bonds. The maximum absolute atomic E-state index is 11.9. The Morgan fingerprint density at radius 2 is 1.75 bits per heavy atom. The minimum Gasteiger partial charge on any atom is -0.465 e. The molecule has 0 atom stereocenters. The van der Waals surface area contributed by atoms with E-state index in [0.29, 0.717) is 11.0 Å². The smallest absolute Gasteiger partial charge is 0.465 e. The molecule has 1 saturated heterocycles. The van der Waals surface area contributed by atoms with E-state index < -0.39 is 24.3 Å². The first-order valence-electron chi connectivity index (χ1n) is 6.41. The van der Waals surface area contributed by atoms with Gasteiger partial charge in [0.05, 0.1) is 23.9 Å². The van der Waals surface area contributed by atoms with Gasteiger partial charge in [0.15, 0.2) is 0 Å². The second-order valence-corrected chi connectivity index (χ2v) is 6.73. The number of carbonyl (C=O) groups is 1. The molecular formula is C14H18BBrO4. The van der Waals surface area contributed by atoms with Crippen LogP contribution in [0, 0.1) is 0 Å². The van der Waals surface area contributed by atoms with Crippen LogP contribution in [-0.4, -0.2) is 31.4 Å². The van der Waals surface area contributed by atoms with Crippen molar-refractivity contribution in [2.75, 3.05) is 7.11 Å². The molecule has 1 aliphatic rings. The van der Waals surface area contributed by atoms with Crippen LogP contribution in [0.4, 0.5) is 0 Å². The number of hydrogen-bond acceptors (Lipinski definition) is 4. The normalized spacial score (nSPS) is 20.0. The highest BCUT2D eigenvalue weighted by Gasteiger charge is 2.52. The number of rotatable bonds is 2. The highest BCUT2D eigenvalue weighted by molar-refractivity contribution is 9.10. The minimum atomic E-state index is -0.591. The van der Waals surface area contributed by atoms with Crippen LogP contribution in [0.2, 0.25) is 0 Å². The minimum absolute atomic E-state index is 0.401. The fraction of sp³-hybridized carbons (Fsp3) is 0.500. The predicted octanol–water partition coefficient (Wildman–Crippen LogP) is 2.53. The van der Waals surface area contributed by atoms with Gasteiger partial charge in [0.2, 0.25) is 0 Å². The molecule has 1 heterocycles. The van der Waals surface area contributed by atoms with Crippen LogP contribution in [0.3, 0.4) is 0 Å². The van der Waals surface area contributed by atoms with Gasteiger partial charge in [0.25, 0.3) is 0 Å². The molecule has 20 heavy (non-hydrogen) atoms. The van der Waals surface area contributed by atoms with E-state index in [4.69, 9.17) is 14.0 Å². The molecular weight excluding hydrogens is 323 g/mol. The van der Waals surface area contributed by atoms with Crippen LogP contribution in [0.25, 0.3) is 0 Å². The molecule has 0 radical (unpaired) electrons. The molecule has 1 aromatic carbocycles. The van der Waals surface area contributed by atoms with Crippen LogP contribution in [-0.2, 0) is 14.0 Å². The van der Waals surface area contributed by atoms with Crippen molar-refractivity contribution in [1.29, 1.82) is 0 Å². The third kappa shape index (κ3) is 2.64. The summed E-state index contributed by atoms with van der Waals surface area (Å²) in [6, 6.07) is 5.33. The predicted molar refractivity (Wildman–Crippen MR) is 81.2 cm³/mol. The fourth-order valence-corrected chi connectivity index (χ4v) is 2.37. The average molecular weight is 341 g/mol. The lowest BCUT2D eigenvalue weighted by Crippen LogP contribution is -2.41. The number of benzene rings is 1. The summed E-state index contributed by atoms with van der Waals surface area (Å²) in [6.45, 7) is 7.90. The van der Waals surface area contributed by atoms with Crippen molar-refractivity contribution < 1.29 is 18.8 Å². The maximum atomic E-state index is 11.9.